The number of aryl methyl sites for hydroxylation is 1. The van der Waals surface area contributed by atoms with Gasteiger partial charge in [-0.2, -0.15) is 0 Å². The zero-order valence-corrected chi connectivity index (χ0v) is 15.4. The van der Waals surface area contributed by atoms with E-state index >= 15 is 0 Å². The first-order valence-corrected chi connectivity index (χ1v) is 9.16. The second kappa shape index (κ2) is 8.36. The van der Waals surface area contributed by atoms with Gasteiger partial charge in [0, 0.05) is 24.1 Å². The molecule has 3 rings (SSSR count). The summed E-state index contributed by atoms with van der Waals surface area (Å²) in [5, 5.41) is 3.85. The molecule has 2 N–H and O–H groups in total. The first-order valence-electron chi connectivity index (χ1n) is 9.16. The van der Waals surface area contributed by atoms with Crippen LogP contribution in [0.15, 0.2) is 23.0 Å². The molecule has 0 radical (unpaired) electrons. The van der Waals surface area contributed by atoms with Crippen LogP contribution in [0, 0.1) is 6.92 Å². The highest BCUT2D eigenvalue weighted by molar-refractivity contribution is 5.87. The number of methoxy groups -OCH3 is 1. The number of aromatic amines is 1. The van der Waals surface area contributed by atoms with Crippen molar-refractivity contribution in [2.45, 2.75) is 45.1 Å². The molecule has 1 aromatic heterocycles. The summed E-state index contributed by atoms with van der Waals surface area (Å²) in [6.45, 7) is 3.17. The highest BCUT2D eigenvalue weighted by atomic mass is 16.5. The average molecular weight is 358 g/mol. The molecule has 2 heterocycles. The molecular formula is C20H26N2O4. The minimum absolute atomic E-state index is 0.0213. The van der Waals surface area contributed by atoms with Gasteiger partial charge in [-0.05, 0) is 50.3 Å². The largest absolute Gasteiger partial charge is 0.495 e. The molecule has 1 saturated heterocycles. The fraction of sp³-hybridized carbons (Fsp3) is 0.500. The lowest BCUT2D eigenvalue weighted by molar-refractivity contribution is -0.124. The number of aromatic nitrogens is 1. The Bertz CT molecular complexity index is 838. The fourth-order valence-corrected chi connectivity index (χ4v) is 3.39. The number of amides is 1. The highest BCUT2D eigenvalue weighted by Crippen LogP contribution is 2.25. The second-order valence-corrected chi connectivity index (χ2v) is 6.79. The molecule has 0 spiro atoms. The third-order valence-electron chi connectivity index (χ3n) is 4.90. The number of carbonyl (C=O) groups is 1. The highest BCUT2D eigenvalue weighted by Gasteiger charge is 2.17. The maximum atomic E-state index is 12.4. The smallest absolute Gasteiger partial charge is 0.251 e. The van der Waals surface area contributed by atoms with Gasteiger partial charge in [-0.25, -0.2) is 0 Å². The number of fused-ring (bicyclic) bond motifs is 1. The summed E-state index contributed by atoms with van der Waals surface area (Å²) in [4.78, 5) is 27.3. The molecule has 1 atom stereocenters. The predicted molar refractivity (Wildman–Crippen MR) is 101 cm³/mol. The Hall–Kier alpha value is -2.34. The topological polar surface area (TPSA) is 80.4 Å². The maximum Gasteiger partial charge on any atom is 0.251 e. The number of carbonyl (C=O) groups excluding carboxylic acids is 1. The van der Waals surface area contributed by atoms with Gasteiger partial charge in [0.15, 0.2) is 0 Å². The summed E-state index contributed by atoms with van der Waals surface area (Å²) in [7, 11) is 1.59. The van der Waals surface area contributed by atoms with E-state index < -0.39 is 0 Å². The Morgan fingerprint density at radius 1 is 1.38 bits per heavy atom. The number of pyridine rings is 1. The van der Waals surface area contributed by atoms with Crippen LogP contribution in [0.2, 0.25) is 0 Å². The van der Waals surface area contributed by atoms with Crippen LogP contribution in [0.1, 0.15) is 36.8 Å². The van der Waals surface area contributed by atoms with Crippen molar-refractivity contribution in [1.82, 2.24) is 10.3 Å². The molecule has 1 aliphatic heterocycles. The molecule has 1 aromatic carbocycles. The summed E-state index contributed by atoms with van der Waals surface area (Å²) in [6.07, 6.45) is 4.05. The lowest BCUT2D eigenvalue weighted by Crippen LogP contribution is -2.32. The van der Waals surface area contributed by atoms with E-state index in [1.54, 1.807) is 7.11 Å². The van der Waals surface area contributed by atoms with E-state index in [0.29, 0.717) is 36.2 Å². The minimum atomic E-state index is -0.147. The standard InChI is InChI=1S/C20H26N2O4/c1-13-6-7-17(25-2)19-16(13)11-14(20(24)22-19)8-9-21-18(23)12-15-5-3-4-10-26-15/h6-7,11,15H,3-5,8-10,12H2,1-2H3,(H,21,23)(H,22,24). The molecule has 6 nitrogen and oxygen atoms in total. The summed E-state index contributed by atoms with van der Waals surface area (Å²) >= 11 is 0. The van der Waals surface area contributed by atoms with E-state index in [2.05, 4.69) is 10.3 Å². The molecule has 1 aliphatic rings. The van der Waals surface area contributed by atoms with Crippen molar-refractivity contribution in [3.05, 3.63) is 39.7 Å². The van der Waals surface area contributed by atoms with Crippen LogP contribution in [-0.4, -0.2) is 37.3 Å². The van der Waals surface area contributed by atoms with Crippen molar-refractivity contribution in [3.63, 3.8) is 0 Å². The van der Waals surface area contributed by atoms with Crippen LogP contribution in [0.4, 0.5) is 0 Å². The Kier molecular flexibility index (Phi) is 5.93. The van der Waals surface area contributed by atoms with Gasteiger partial charge in [0.25, 0.3) is 5.56 Å². The van der Waals surface area contributed by atoms with Gasteiger partial charge in [-0.3, -0.25) is 9.59 Å². The molecule has 6 heteroatoms. The fourth-order valence-electron chi connectivity index (χ4n) is 3.39. The second-order valence-electron chi connectivity index (χ2n) is 6.79. The lowest BCUT2D eigenvalue weighted by atomic mass is 10.0. The number of H-pyrrole nitrogens is 1. The third kappa shape index (κ3) is 4.25. The number of nitrogens with one attached hydrogen (secondary N) is 2. The molecular weight excluding hydrogens is 332 g/mol. The van der Waals surface area contributed by atoms with E-state index in [1.807, 2.05) is 25.1 Å². The van der Waals surface area contributed by atoms with E-state index in [1.165, 1.54) is 0 Å². The number of benzene rings is 1. The summed E-state index contributed by atoms with van der Waals surface area (Å²) in [6, 6.07) is 5.71. The summed E-state index contributed by atoms with van der Waals surface area (Å²) < 4.78 is 10.9. The van der Waals surface area contributed by atoms with Crippen LogP contribution >= 0.6 is 0 Å². The molecule has 1 unspecified atom stereocenters. The van der Waals surface area contributed by atoms with Gasteiger partial charge in [0.05, 0.1) is 25.2 Å². The van der Waals surface area contributed by atoms with Crippen LogP contribution in [0.25, 0.3) is 10.9 Å². The van der Waals surface area contributed by atoms with Crippen molar-refractivity contribution in [2.24, 2.45) is 0 Å². The SMILES string of the molecule is COc1ccc(C)c2cc(CCNC(=O)CC3CCCCO3)c(=O)[nH]c12. The molecule has 2 aromatic rings. The van der Waals surface area contributed by atoms with Gasteiger partial charge >= 0.3 is 0 Å². The predicted octanol–water partition coefficient (Wildman–Crippen LogP) is 2.46. The van der Waals surface area contributed by atoms with Crippen molar-refractivity contribution in [1.29, 1.82) is 0 Å². The van der Waals surface area contributed by atoms with Crippen molar-refractivity contribution in [2.75, 3.05) is 20.3 Å². The van der Waals surface area contributed by atoms with Gasteiger partial charge in [-0.15, -0.1) is 0 Å². The zero-order chi connectivity index (χ0) is 18.5. The van der Waals surface area contributed by atoms with Gasteiger partial charge in [-0.1, -0.05) is 6.07 Å². The van der Waals surface area contributed by atoms with E-state index in [-0.39, 0.29) is 17.6 Å². The molecule has 1 fully saturated rings. The average Bonchev–Trinajstić information content (AvgIpc) is 2.64. The maximum absolute atomic E-state index is 12.4. The van der Waals surface area contributed by atoms with Crippen LogP contribution in [0.5, 0.6) is 5.75 Å². The normalized spacial score (nSPS) is 17.2. The van der Waals surface area contributed by atoms with E-state index in [9.17, 15) is 9.59 Å². The lowest BCUT2D eigenvalue weighted by Gasteiger charge is -2.21. The molecule has 140 valence electrons. The number of rotatable bonds is 6. The monoisotopic (exact) mass is 358 g/mol. The van der Waals surface area contributed by atoms with Gasteiger partial charge in [0.2, 0.25) is 5.91 Å². The third-order valence-corrected chi connectivity index (χ3v) is 4.90. The Morgan fingerprint density at radius 2 is 2.23 bits per heavy atom. The zero-order valence-electron chi connectivity index (χ0n) is 15.4. The number of hydrogen-bond acceptors (Lipinski definition) is 4. The van der Waals surface area contributed by atoms with Crippen molar-refractivity contribution in [3.8, 4) is 5.75 Å². The van der Waals surface area contributed by atoms with Gasteiger partial charge in [0.1, 0.15) is 5.75 Å². The number of ether oxygens (including phenoxy) is 2. The Morgan fingerprint density at radius 3 is 2.96 bits per heavy atom. The Labute approximate surface area is 152 Å². The first-order chi connectivity index (χ1) is 12.6. The molecule has 1 amide bonds. The van der Waals surface area contributed by atoms with E-state index in [4.69, 9.17) is 9.47 Å². The van der Waals surface area contributed by atoms with Crippen LogP contribution in [0.3, 0.4) is 0 Å². The van der Waals surface area contributed by atoms with Crippen LogP contribution < -0.4 is 15.6 Å². The van der Waals surface area contributed by atoms with E-state index in [0.717, 1.165) is 36.8 Å². The van der Waals surface area contributed by atoms with Gasteiger partial charge < -0.3 is 19.8 Å². The quantitative estimate of drug-likeness (QED) is 0.831. The molecule has 0 bridgehead atoms. The number of hydrogen-bond donors (Lipinski definition) is 2. The molecule has 0 saturated carbocycles. The minimum Gasteiger partial charge on any atom is -0.495 e. The molecule has 0 aliphatic carbocycles. The molecule has 26 heavy (non-hydrogen) atoms. The summed E-state index contributed by atoms with van der Waals surface area (Å²) in [5.74, 6) is 0.627. The Balaban J connectivity index is 1.63. The summed E-state index contributed by atoms with van der Waals surface area (Å²) in [5.41, 5.74) is 2.28. The van der Waals surface area contributed by atoms with Crippen molar-refractivity contribution >= 4 is 16.8 Å². The first kappa shape index (κ1) is 18.5. The van der Waals surface area contributed by atoms with Crippen molar-refractivity contribution < 1.29 is 14.3 Å². The van der Waals surface area contributed by atoms with Crippen LogP contribution in [-0.2, 0) is 16.0 Å².